The van der Waals surface area contributed by atoms with Crippen molar-refractivity contribution in [1.29, 1.82) is 0 Å². The van der Waals surface area contributed by atoms with Gasteiger partial charge in [0.05, 0.1) is 12.0 Å². The third-order valence-corrected chi connectivity index (χ3v) is 3.34. The van der Waals surface area contributed by atoms with E-state index >= 15 is 0 Å². The number of imidazole rings is 1. The largest absolute Gasteiger partial charge is 0.329 e. The maximum absolute atomic E-state index is 4.39. The zero-order valence-corrected chi connectivity index (χ0v) is 9.07. The van der Waals surface area contributed by atoms with Gasteiger partial charge in [-0.05, 0) is 18.1 Å². The standard InChI is InChI=1S/C13H14N2/c1-9-12-6-4-3-5-11(12)7-15-8-14-10(2)13(9)15/h3-6,8-9H,7H2,1-2H3. The molecule has 1 aromatic heterocycles. The van der Waals surface area contributed by atoms with Crippen molar-refractivity contribution in [3.8, 4) is 0 Å². The lowest BCUT2D eigenvalue weighted by Gasteiger charge is -2.25. The summed E-state index contributed by atoms with van der Waals surface area (Å²) in [6.45, 7) is 5.32. The van der Waals surface area contributed by atoms with Gasteiger partial charge in [-0.2, -0.15) is 0 Å². The first-order valence-corrected chi connectivity index (χ1v) is 5.37. The smallest absolute Gasteiger partial charge is 0.0954 e. The van der Waals surface area contributed by atoms with E-state index in [4.69, 9.17) is 0 Å². The third-order valence-electron chi connectivity index (χ3n) is 3.34. The van der Waals surface area contributed by atoms with Crippen LogP contribution in [0, 0.1) is 6.92 Å². The van der Waals surface area contributed by atoms with E-state index < -0.39 is 0 Å². The van der Waals surface area contributed by atoms with Crippen molar-refractivity contribution in [2.75, 3.05) is 0 Å². The minimum Gasteiger partial charge on any atom is -0.329 e. The third kappa shape index (κ3) is 1.14. The molecule has 0 bridgehead atoms. The fourth-order valence-electron chi connectivity index (χ4n) is 2.61. The molecule has 0 spiro atoms. The summed E-state index contributed by atoms with van der Waals surface area (Å²) >= 11 is 0. The van der Waals surface area contributed by atoms with Gasteiger partial charge in [0.1, 0.15) is 0 Å². The van der Waals surface area contributed by atoms with Crippen LogP contribution in [-0.4, -0.2) is 9.55 Å². The van der Waals surface area contributed by atoms with E-state index in [1.807, 2.05) is 6.33 Å². The Bertz CT molecular complexity index is 511. The quantitative estimate of drug-likeness (QED) is 0.636. The van der Waals surface area contributed by atoms with Crippen LogP contribution in [0.25, 0.3) is 0 Å². The maximum atomic E-state index is 4.39. The zero-order valence-electron chi connectivity index (χ0n) is 9.07. The van der Waals surface area contributed by atoms with Crippen LogP contribution in [0.2, 0.25) is 0 Å². The lowest BCUT2D eigenvalue weighted by Crippen LogP contribution is -2.16. The average molecular weight is 198 g/mol. The molecule has 76 valence electrons. The summed E-state index contributed by atoms with van der Waals surface area (Å²) in [6.07, 6.45) is 1.96. The molecule has 15 heavy (non-hydrogen) atoms. The van der Waals surface area contributed by atoms with Crippen molar-refractivity contribution >= 4 is 0 Å². The fourth-order valence-corrected chi connectivity index (χ4v) is 2.61. The molecule has 1 aliphatic rings. The Balaban J connectivity index is 2.21. The Morgan fingerprint density at radius 2 is 2.13 bits per heavy atom. The number of hydrogen-bond donors (Lipinski definition) is 0. The molecule has 1 aromatic carbocycles. The highest BCUT2D eigenvalue weighted by Crippen LogP contribution is 2.33. The second-order valence-corrected chi connectivity index (χ2v) is 4.26. The monoisotopic (exact) mass is 198 g/mol. The maximum Gasteiger partial charge on any atom is 0.0954 e. The summed E-state index contributed by atoms with van der Waals surface area (Å²) < 4.78 is 2.27. The van der Waals surface area contributed by atoms with Gasteiger partial charge in [-0.15, -0.1) is 0 Å². The summed E-state index contributed by atoms with van der Waals surface area (Å²) in [4.78, 5) is 4.39. The normalized spacial score (nSPS) is 18.4. The van der Waals surface area contributed by atoms with Crippen molar-refractivity contribution < 1.29 is 0 Å². The Morgan fingerprint density at radius 3 is 3.00 bits per heavy atom. The van der Waals surface area contributed by atoms with Crippen LogP contribution in [0.1, 0.15) is 35.4 Å². The van der Waals surface area contributed by atoms with Gasteiger partial charge in [0, 0.05) is 18.2 Å². The van der Waals surface area contributed by atoms with Crippen LogP contribution < -0.4 is 0 Å². The summed E-state index contributed by atoms with van der Waals surface area (Å²) in [5.74, 6) is 0.470. The van der Waals surface area contributed by atoms with Crippen molar-refractivity contribution in [2.45, 2.75) is 26.3 Å². The summed E-state index contributed by atoms with van der Waals surface area (Å²) in [5.41, 5.74) is 5.41. The molecule has 2 nitrogen and oxygen atoms in total. The number of nitrogens with zero attached hydrogens (tertiary/aromatic N) is 2. The number of fused-ring (bicyclic) bond motifs is 2. The van der Waals surface area contributed by atoms with Crippen LogP contribution >= 0.6 is 0 Å². The first-order valence-electron chi connectivity index (χ1n) is 5.37. The van der Waals surface area contributed by atoms with Crippen molar-refractivity contribution in [1.82, 2.24) is 9.55 Å². The summed E-state index contributed by atoms with van der Waals surface area (Å²) in [5, 5.41) is 0. The molecular formula is C13H14N2. The van der Waals surface area contributed by atoms with E-state index in [9.17, 15) is 0 Å². The molecule has 1 aliphatic heterocycles. The van der Waals surface area contributed by atoms with Crippen LogP contribution in [0.5, 0.6) is 0 Å². The van der Waals surface area contributed by atoms with Crippen molar-refractivity contribution in [2.24, 2.45) is 0 Å². The zero-order chi connectivity index (χ0) is 10.4. The van der Waals surface area contributed by atoms with Gasteiger partial charge >= 0.3 is 0 Å². The van der Waals surface area contributed by atoms with Gasteiger partial charge in [0.2, 0.25) is 0 Å². The molecule has 0 N–H and O–H groups in total. The minimum absolute atomic E-state index is 0.470. The van der Waals surface area contributed by atoms with Crippen LogP contribution in [0.4, 0.5) is 0 Å². The fraction of sp³-hybridized carbons (Fsp3) is 0.308. The molecule has 0 saturated heterocycles. The molecule has 0 radical (unpaired) electrons. The van der Waals surface area contributed by atoms with Gasteiger partial charge in [-0.25, -0.2) is 4.98 Å². The number of benzene rings is 1. The molecule has 0 aliphatic carbocycles. The highest BCUT2D eigenvalue weighted by atomic mass is 15.1. The molecule has 2 heterocycles. The molecule has 2 aromatic rings. The highest BCUT2D eigenvalue weighted by Gasteiger charge is 2.23. The van der Waals surface area contributed by atoms with E-state index in [2.05, 4.69) is 47.7 Å². The van der Waals surface area contributed by atoms with Gasteiger partial charge in [0.15, 0.2) is 0 Å². The van der Waals surface area contributed by atoms with Crippen molar-refractivity contribution in [3.63, 3.8) is 0 Å². The predicted octanol–water partition coefficient (Wildman–Crippen LogP) is 2.71. The van der Waals surface area contributed by atoms with Crippen LogP contribution in [0.15, 0.2) is 30.6 Å². The van der Waals surface area contributed by atoms with E-state index in [1.165, 1.54) is 16.8 Å². The Hall–Kier alpha value is -1.57. The van der Waals surface area contributed by atoms with Crippen LogP contribution in [-0.2, 0) is 6.54 Å². The predicted molar refractivity (Wildman–Crippen MR) is 60.0 cm³/mol. The molecule has 1 unspecified atom stereocenters. The molecular weight excluding hydrogens is 184 g/mol. The minimum atomic E-state index is 0.470. The first kappa shape index (κ1) is 8.72. The summed E-state index contributed by atoms with van der Waals surface area (Å²) in [6, 6.07) is 8.68. The van der Waals surface area contributed by atoms with E-state index in [0.717, 1.165) is 12.2 Å². The molecule has 0 amide bonds. The molecule has 1 atom stereocenters. The SMILES string of the molecule is Cc1ncn2c1C(C)c1ccccc1C2. The molecule has 0 fully saturated rings. The Morgan fingerprint density at radius 1 is 1.33 bits per heavy atom. The van der Waals surface area contributed by atoms with E-state index in [0.29, 0.717) is 5.92 Å². The summed E-state index contributed by atoms with van der Waals surface area (Å²) in [7, 11) is 0. The lowest BCUT2D eigenvalue weighted by atomic mass is 9.89. The Labute approximate surface area is 89.6 Å². The van der Waals surface area contributed by atoms with Gasteiger partial charge < -0.3 is 4.57 Å². The second kappa shape index (κ2) is 2.96. The van der Waals surface area contributed by atoms with Gasteiger partial charge in [0.25, 0.3) is 0 Å². The number of aromatic nitrogens is 2. The molecule has 3 rings (SSSR count). The van der Waals surface area contributed by atoms with Crippen molar-refractivity contribution in [3.05, 3.63) is 53.1 Å². The highest BCUT2D eigenvalue weighted by molar-refractivity contribution is 5.40. The topological polar surface area (TPSA) is 17.8 Å². The van der Waals surface area contributed by atoms with Gasteiger partial charge in [-0.1, -0.05) is 31.2 Å². The van der Waals surface area contributed by atoms with Crippen LogP contribution in [0.3, 0.4) is 0 Å². The molecule has 2 heteroatoms. The number of rotatable bonds is 0. The van der Waals surface area contributed by atoms with Gasteiger partial charge in [-0.3, -0.25) is 0 Å². The van der Waals surface area contributed by atoms with E-state index in [-0.39, 0.29) is 0 Å². The lowest BCUT2D eigenvalue weighted by molar-refractivity contribution is 0.658. The first-order chi connectivity index (χ1) is 7.27. The number of aryl methyl sites for hydroxylation is 1. The second-order valence-electron chi connectivity index (χ2n) is 4.26. The number of hydrogen-bond acceptors (Lipinski definition) is 1. The molecule has 0 saturated carbocycles. The Kier molecular flexibility index (Phi) is 1.72. The average Bonchev–Trinajstić information content (AvgIpc) is 2.61. The van der Waals surface area contributed by atoms with E-state index in [1.54, 1.807) is 0 Å².